The van der Waals surface area contributed by atoms with Crippen LogP contribution in [-0.2, 0) is 11.2 Å². The van der Waals surface area contributed by atoms with Crippen molar-refractivity contribution in [3.63, 3.8) is 0 Å². The van der Waals surface area contributed by atoms with Gasteiger partial charge in [0.15, 0.2) is 10.8 Å². The van der Waals surface area contributed by atoms with Crippen LogP contribution in [0.3, 0.4) is 0 Å². The van der Waals surface area contributed by atoms with Crippen molar-refractivity contribution in [2.45, 2.75) is 29.6 Å². The highest BCUT2D eigenvalue weighted by molar-refractivity contribution is 8.00. The molecule has 0 saturated carbocycles. The van der Waals surface area contributed by atoms with Crippen molar-refractivity contribution in [3.05, 3.63) is 11.1 Å². The van der Waals surface area contributed by atoms with Crippen LogP contribution < -0.4 is 4.74 Å². The molecule has 0 atom stereocenters. The Morgan fingerprint density at radius 3 is 2.63 bits per heavy atom. The Labute approximate surface area is 115 Å². The molecule has 104 valence electrons. The van der Waals surface area contributed by atoms with Gasteiger partial charge in [0, 0.05) is 17.5 Å². The fourth-order valence-corrected chi connectivity index (χ4v) is 3.80. The molecule has 2 rings (SSSR count). The number of hydrogen-bond acceptors (Lipinski definition) is 5. The molecule has 1 aromatic rings. The number of thioether (sulfide) groups is 1. The van der Waals surface area contributed by atoms with Crippen LogP contribution >= 0.6 is 23.1 Å². The summed E-state index contributed by atoms with van der Waals surface area (Å²) in [5.74, 6) is -2.35. The number of Topliss-reactive ketones (excluding diaryl/α,β-unsaturated/α-hetero) is 1. The van der Waals surface area contributed by atoms with Gasteiger partial charge in [0.25, 0.3) is 0 Å². The van der Waals surface area contributed by atoms with Gasteiger partial charge in [-0.1, -0.05) is 11.3 Å². The van der Waals surface area contributed by atoms with Gasteiger partial charge in [-0.3, -0.25) is 4.79 Å². The van der Waals surface area contributed by atoms with Crippen molar-refractivity contribution in [2.75, 3.05) is 6.26 Å². The molecule has 0 aromatic carbocycles. The van der Waals surface area contributed by atoms with Gasteiger partial charge in [0.1, 0.15) is 0 Å². The first-order chi connectivity index (χ1) is 8.84. The number of thiophene rings is 1. The highest BCUT2D eigenvalue weighted by Crippen LogP contribution is 2.44. The zero-order valence-corrected chi connectivity index (χ0v) is 11.4. The third-order valence-electron chi connectivity index (χ3n) is 2.65. The maximum absolute atomic E-state index is 12.2. The van der Waals surface area contributed by atoms with Crippen LogP contribution in [0.1, 0.15) is 28.8 Å². The summed E-state index contributed by atoms with van der Waals surface area (Å²) in [6, 6.07) is 0. The standard InChI is InChI=1S/C11H9F3O3S2/c1-18-9-7-5(3-2-4-6(7)15)8(19-9)17-10(16)11(12,13)14/h2-4H2,1H3. The minimum atomic E-state index is -5.03. The van der Waals surface area contributed by atoms with Crippen molar-refractivity contribution < 1.29 is 27.5 Å². The fourth-order valence-electron chi connectivity index (χ4n) is 1.85. The maximum Gasteiger partial charge on any atom is 0.491 e. The number of carbonyl (C=O) groups is 2. The predicted octanol–water partition coefficient (Wildman–Crippen LogP) is 3.46. The zero-order valence-electron chi connectivity index (χ0n) is 9.80. The highest BCUT2D eigenvalue weighted by Gasteiger charge is 2.42. The number of fused-ring (bicyclic) bond motifs is 1. The molecule has 0 fully saturated rings. The van der Waals surface area contributed by atoms with Crippen molar-refractivity contribution in [3.8, 4) is 5.06 Å². The topological polar surface area (TPSA) is 43.4 Å². The Hall–Kier alpha value is -1.02. The van der Waals surface area contributed by atoms with Crippen molar-refractivity contribution in [1.29, 1.82) is 0 Å². The first-order valence-electron chi connectivity index (χ1n) is 5.36. The summed E-state index contributed by atoms with van der Waals surface area (Å²) in [5, 5.41) is -0.102. The minimum absolute atomic E-state index is 0.101. The van der Waals surface area contributed by atoms with Crippen LogP contribution in [-0.4, -0.2) is 24.2 Å². The second-order valence-corrected chi connectivity index (χ2v) is 5.96. The van der Waals surface area contributed by atoms with E-state index < -0.39 is 12.1 Å². The number of hydrogen-bond donors (Lipinski definition) is 0. The van der Waals surface area contributed by atoms with Gasteiger partial charge >= 0.3 is 12.1 Å². The molecular weight excluding hydrogens is 301 g/mol. The number of carbonyl (C=O) groups excluding carboxylic acids is 2. The van der Waals surface area contributed by atoms with Crippen LogP contribution in [0.15, 0.2) is 4.21 Å². The highest BCUT2D eigenvalue weighted by atomic mass is 32.2. The van der Waals surface area contributed by atoms with E-state index >= 15 is 0 Å². The lowest BCUT2D eigenvalue weighted by molar-refractivity contribution is -0.189. The second-order valence-electron chi connectivity index (χ2n) is 3.90. The summed E-state index contributed by atoms with van der Waals surface area (Å²) in [7, 11) is 0. The molecule has 8 heteroatoms. The average Bonchev–Trinajstić information content (AvgIpc) is 2.68. The third-order valence-corrected chi connectivity index (χ3v) is 4.88. The Kier molecular flexibility index (Phi) is 3.91. The van der Waals surface area contributed by atoms with Crippen molar-refractivity contribution in [1.82, 2.24) is 0 Å². The van der Waals surface area contributed by atoms with Gasteiger partial charge in [-0.15, -0.1) is 11.8 Å². The summed E-state index contributed by atoms with van der Waals surface area (Å²) in [5.41, 5.74) is 0.858. The molecule has 0 saturated heterocycles. The van der Waals surface area contributed by atoms with Crippen LogP contribution in [0, 0.1) is 0 Å². The van der Waals surface area contributed by atoms with E-state index in [4.69, 9.17) is 0 Å². The van der Waals surface area contributed by atoms with E-state index in [-0.39, 0.29) is 10.8 Å². The SMILES string of the molecule is CSc1sc(OC(=O)C(F)(F)F)c2c1C(=O)CCC2. The minimum Gasteiger partial charge on any atom is -0.408 e. The van der Waals surface area contributed by atoms with E-state index in [0.717, 1.165) is 11.3 Å². The van der Waals surface area contributed by atoms with Gasteiger partial charge < -0.3 is 4.74 Å². The van der Waals surface area contributed by atoms with Gasteiger partial charge in [-0.25, -0.2) is 4.79 Å². The second kappa shape index (κ2) is 5.16. The molecule has 1 aliphatic carbocycles. The molecular formula is C11H9F3O3S2. The summed E-state index contributed by atoms with van der Waals surface area (Å²) in [6.45, 7) is 0. The Bertz CT molecular complexity index is 534. The van der Waals surface area contributed by atoms with E-state index in [9.17, 15) is 22.8 Å². The molecule has 19 heavy (non-hydrogen) atoms. The Balaban J connectivity index is 2.37. The van der Waals surface area contributed by atoms with Gasteiger partial charge in [-0.05, 0) is 19.1 Å². The quantitative estimate of drug-likeness (QED) is 0.620. The van der Waals surface area contributed by atoms with E-state index in [1.165, 1.54) is 11.8 Å². The molecule has 0 amide bonds. The third kappa shape index (κ3) is 2.79. The molecule has 1 aromatic heterocycles. The molecule has 0 aliphatic heterocycles. The van der Waals surface area contributed by atoms with Crippen LogP contribution in [0.25, 0.3) is 0 Å². The first-order valence-corrected chi connectivity index (χ1v) is 7.40. The lowest BCUT2D eigenvalue weighted by Crippen LogP contribution is -2.28. The smallest absolute Gasteiger partial charge is 0.408 e. The number of rotatable bonds is 2. The normalized spacial score (nSPS) is 15.3. The van der Waals surface area contributed by atoms with Crippen molar-refractivity contribution in [2.24, 2.45) is 0 Å². The van der Waals surface area contributed by atoms with E-state index in [2.05, 4.69) is 4.74 Å². The van der Waals surface area contributed by atoms with E-state index in [1.54, 1.807) is 6.26 Å². The summed E-state index contributed by atoms with van der Waals surface area (Å²) >= 11 is 2.19. The molecule has 0 radical (unpaired) electrons. The van der Waals surface area contributed by atoms with E-state index in [0.29, 0.717) is 34.6 Å². The van der Waals surface area contributed by atoms with Gasteiger partial charge in [0.2, 0.25) is 0 Å². The Morgan fingerprint density at radius 2 is 2.05 bits per heavy atom. The number of ketones is 1. The summed E-state index contributed by atoms with van der Waals surface area (Å²) < 4.78 is 41.6. The van der Waals surface area contributed by atoms with Crippen molar-refractivity contribution >= 4 is 34.9 Å². The molecule has 1 heterocycles. The zero-order chi connectivity index (χ0) is 14.2. The summed E-state index contributed by atoms with van der Waals surface area (Å²) in [6.07, 6.45) is -1.91. The molecule has 0 unspecified atom stereocenters. The van der Waals surface area contributed by atoms with Crippen LogP contribution in [0.5, 0.6) is 5.06 Å². The molecule has 0 N–H and O–H groups in total. The van der Waals surface area contributed by atoms with Gasteiger partial charge in [0.05, 0.1) is 4.21 Å². The van der Waals surface area contributed by atoms with Crippen LogP contribution in [0.4, 0.5) is 13.2 Å². The number of ether oxygens (including phenoxy) is 1. The van der Waals surface area contributed by atoms with Gasteiger partial charge in [-0.2, -0.15) is 13.2 Å². The van der Waals surface area contributed by atoms with Crippen LogP contribution in [0.2, 0.25) is 0 Å². The molecule has 0 bridgehead atoms. The molecule has 1 aliphatic rings. The first kappa shape index (κ1) is 14.4. The largest absolute Gasteiger partial charge is 0.491 e. The predicted molar refractivity (Wildman–Crippen MR) is 65.1 cm³/mol. The number of alkyl halides is 3. The number of esters is 1. The Morgan fingerprint density at radius 1 is 1.37 bits per heavy atom. The molecule has 3 nitrogen and oxygen atoms in total. The van der Waals surface area contributed by atoms with E-state index in [1.807, 2.05) is 0 Å². The lowest BCUT2D eigenvalue weighted by Gasteiger charge is -2.12. The monoisotopic (exact) mass is 310 g/mol. The lowest BCUT2D eigenvalue weighted by atomic mass is 9.94. The fraction of sp³-hybridized carbons (Fsp3) is 0.455. The number of halogens is 3. The average molecular weight is 310 g/mol. The summed E-state index contributed by atoms with van der Waals surface area (Å²) in [4.78, 5) is 22.7. The maximum atomic E-state index is 12.2. The molecule has 0 spiro atoms.